The third kappa shape index (κ3) is 6.38. The van der Waals surface area contributed by atoms with Crippen molar-refractivity contribution < 1.29 is 56.6 Å². The van der Waals surface area contributed by atoms with Crippen LogP contribution in [0.3, 0.4) is 0 Å². The van der Waals surface area contributed by atoms with Crippen LogP contribution in [0.5, 0.6) is 23.0 Å². The Balaban J connectivity index is 0.00000363. The smallest absolute Gasteiger partial charge is 0.260 e. The predicted octanol–water partition coefficient (Wildman–Crippen LogP) is -0.277. The molecule has 0 unspecified atom stereocenters. The average Bonchev–Trinajstić information content (AvgIpc) is 2.78. The zero-order valence-corrected chi connectivity index (χ0v) is 21.1. The minimum atomic E-state index is -0.228. The molecule has 1 aliphatic heterocycles. The van der Waals surface area contributed by atoms with Gasteiger partial charge in [-0.05, 0) is 12.1 Å². The molecule has 0 saturated carbocycles. The molecule has 3 rings (SSSR count). The fourth-order valence-electron chi connectivity index (χ4n) is 3.76. The molecule has 1 amide bonds. The van der Waals surface area contributed by atoms with Gasteiger partial charge in [0.05, 0.1) is 54.6 Å². The fourth-order valence-corrected chi connectivity index (χ4v) is 3.76. The highest BCUT2D eigenvalue weighted by Gasteiger charge is 2.31. The van der Waals surface area contributed by atoms with Crippen molar-refractivity contribution in [1.29, 1.82) is 0 Å². The molecule has 0 bridgehead atoms. The van der Waals surface area contributed by atoms with Crippen LogP contribution in [-0.2, 0) is 11.3 Å². The van der Waals surface area contributed by atoms with Gasteiger partial charge < -0.3 is 52.3 Å². The Morgan fingerprint density at radius 3 is 2.06 bits per heavy atom. The van der Waals surface area contributed by atoms with Crippen molar-refractivity contribution in [2.45, 2.75) is 6.54 Å². The van der Waals surface area contributed by atoms with Gasteiger partial charge in [-0.2, -0.15) is 0 Å². The molecule has 1 aliphatic rings. The number of halogens is 2. The van der Waals surface area contributed by atoms with Gasteiger partial charge in [-0.1, -0.05) is 12.1 Å². The lowest BCUT2D eigenvalue weighted by Gasteiger charge is -2.42. The molecule has 7 nitrogen and oxygen atoms in total. The quantitative estimate of drug-likeness (QED) is 0.329. The van der Waals surface area contributed by atoms with Crippen LogP contribution in [0, 0.1) is 5.82 Å². The zero-order chi connectivity index (χ0) is 22.4. The number of hydrogen-bond acceptors (Lipinski definition) is 5. The molecule has 1 fully saturated rings. The second-order valence-corrected chi connectivity index (χ2v) is 7.88. The van der Waals surface area contributed by atoms with Crippen molar-refractivity contribution in [3.05, 3.63) is 47.8 Å². The summed E-state index contributed by atoms with van der Waals surface area (Å²) < 4.78 is 35.6. The largest absolute Gasteiger partial charge is 1.00 e. The molecule has 2 aromatic carbocycles. The SMILES string of the molecule is COc1cc(OCC(=O)N2CC[N+](C)(Cc3ccc(F)cc3)CC2)cc(OC)c1OC.[I-]. The van der Waals surface area contributed by atoms with Crippen molar-refractivity contribution in [3.8, 4) is 23.0 Å². The van der Waals surface area contributed by atoms with E-state index in [2.05, 4.69) is 7.05 Å². The maximum absolute atomic E-state index is 13.1. The van der Waals surface area contributed by atoms with Crippen LogP contribution >= 0.6 is 0 Å². The van der Waals surface area contributed by atoms with E-state index in [0.29, 0.717) is 36.1 Å². The Morgan fingerprint density at radius 2 is 1.56 bits per heavy atom. The first kappa shape index (κ1) is 26.0. The normalized spacial score (nSPS) is 14.8. The van der Waals surface area contributed by atoms with Crippen LogP contribution in [0.15, 0.2) is 36.4 Å². The Kier molecular flexibility index (Phi) is 9.38. The molecule has 0 atom stereocenters. The van der Waals surface area contributed by atoms with Crippen molar-refractivity contribution in [3.63, 3.8) is 0 Å². The first-order chi connectivity index (χ1) is 14.9. The summed E-state index contributed by atoms with van der Waals surface area (Å²) in [5.41, 5.74) is 1.09. The Hall–Kier alpha value is -2.27. The van der Waals surface area contributed by atoms with E-state index < -0.39 is 0 Å². The van der Waals surface area contributed by atoms with Crippen LogP contribution in [0.25, 0.3) is 0 Å². The number of rotatable bonds is 8. The number of carbonyl (C=O) groups is 1. The Labute approximate surface area is 205 Å². The second kappa shape index (κ2) is 11.6. The second-order valence-electron chi connectivity index (χ2n) is 7.88. The van der Waals surface area contributed by atoms with Crippen molar-refractivity contribution in [2.75, 3.05) is 61.2 Å². The summed E-state index contributed by atoms with van der Waals surface area (Å²) in [6, 6.07) is 9.95. The molecule has 0 spiro atoms. The highest BCUT2D eigenvalue weighted by atomic mass is 127. The summed E-state index contributed by atoms with van der Waals surface area (Å²) in [5, 5.41) is 0. The molecule has 2 aromatic rings. The predicted molar refractivity (Wildman–Crippen MR) is 114 cm³/mol. The molecule has 0 radical (unpaired) electrons. The van der Waals surface area contributed by atoms with E-state index in [4.69, 9.17) is 18.9 Å². The summed E-state index contributed by atoms with van der Waals surface area (Å²) in [4.78, 5) is 14.5. The molecular weight excluding hydrogens is 530 g/mol. The number of methoxy groups -OCH3 is 3. The molecule has 0 aliphatic carbocycles. The van der Waals surface area contributed by atoms with Gasteiger partial charge in [0, 0.05) is 17.7 Å². The maximum atomic E-state index is 13.1. The van der Waals surface area contributed by atoms with Crippen LogP contribution in [0.1, 0.15) is 5.56 Å². The van der Waals surface area contributed by atoms with Gasteiger partial charge in [0.1, 0.15) is 18.1 Å². The Bertz CT molecular complexity index is 877. The van der Waals surface area contributed by atoms with Gasteiger partial charge in [0.2, 0.25) is 5.75 Å². The van der Waals surface area contributed by atoms with Gasteiger partial charge in [0.15, 0.2) is 18.1 Å². The average molecular weight is 560 g/mol. The lowest BCUT2D eigenvalue weighted by atomic mass is 10.1. The van der Waals surface area contributed by atoms with Gasteiger partial charge in [-0.3, -0.25) is 4.79 Å². The summed E-state index contributed by atoms with van der Waals surface area (Å²) in [6.45, 7) is 3.69. The number of carbonyl (C=O) groups excluding carboxylic acids is 1. The minimum Gasteiger partial charge on any atom is -1.00 e. The highest BCUT2D eigenvalue weighted by Crippen LogP contribution is 2.40. The van der Waals surface area contributed by atoms with E-state index >= 15 is 0 Å². The number of quaternary nitrogens is 1. The maximum Gasteiger partial charge on any atom is 0.260 e. The number of ether oxygens (including phenoxy) is 4. The third-order valence-corrected chi connectivity index (χ3v) is 5.65. The zero-order valence-electron chi connectivity index (χ0n) is 18.9. The van der Waals surface area contributed by atoms with Gasteiger partial charge in [-0.15, -0.1) is 0 Å². The van der Waals surface area contributed by atoms with E-state index in [1.54, 1.807) is 12.1 Å². The molecule has 0 aromatic heterocycles. The van der Waals surface area contributed by atoms with E-state index in [9.17, 15) is 9.18 Å². The number of amides is 1. The summed E-state index contributed by atoms with van der Waals surface area (Å²) in [7, 11) is 6.75. The Morgan fingerprint density at radius 1 is 1.00 bits per heavy atom. The van der Waals surface area contributed by atoms with Crippen molar-refractivity contribution >= 4 is 5.91 Å². The van der Waals surface area contributed by atoms with Crippen LogP contribution < -0.4 is 42.9 Å². The van der Waals surface area contributed by atoms with Crippen molar-refractivity contribution in [2.24, 2.45) is 0 Å². The van der Waals surface area contributed by atoms with Gasteiger partial charge in [-0.25, -0.2) is 4.39 Å². The lowest BCUT2D eigenvalue weighted by Crippen LogP contribution is -3.00. The standard InChI is InChI=1S/C23H30FN2O5.HI/c1-26(15-17-5-7-18(24)8-6-17)11-9-25(10-12-26)22(27)16-31-19-13-20(28-2)23(30-4)21(14-19)29-3;/h5-8,13-14H,9-12,15-16H2,1-4H3;1H/q+1;/p-1. The van der Waals surface area contributed by atoms with E-state index in [-0.39, 0.29) is 42.3 Å². The summed E-state index contributed by atoms with van der Waals surface area (Å²) in [6.07, 6.45) is 0. The number of benzene rings is 2. The molecular formula is C23H30FIN2O5. The minimum absolute atomic E-state index is 0. The monoisotopic (exact) mass is 560 g/mol. The number of likely N-dealkylation sites (N-methyl/N-ethyl adjacent to an activating group) is 1. The first-order valence-corrected chi connectivity index (χ1v) is 10.2. The molecule has 1 saturated heterocycles. The van der Waals surface area contributed by atoms with Crippen LogP contribution in [-0.4, -0.2) is 76.5 Å². The number of piperazine rings is 1. The lowest BCUT2D eigenvalue weighted by molar-refractivity contribution is -0.926. The molecule has 0 N–H and O–H groups in total. The summed E-state index contributed by atoms with van der Waals surface area (Å²) >= 11 is 0. The van der Waals surface area contributed by atoms with Crippen LogP contribution in [0.2, 0.25) is 0 Å². The van der Waals surface area contributed by atoms with E-state index in [0.717, 1.165) is 29.7 Å². The van der Waals surface area contributed by atoms with Gasteiger partial charge >= 0.3 is 0 Å². The molecule has 9 heteroatoms. The third-order valence-electron chi connectivity index (χ3n) is 5.65. The summed E-state index contributed by atoms with van der Waals surface area (Å²) in [5.74, 6) is 1.58. The van der Waals surface area contributed by atoms with Crippen LogP contribution in [0.4, 0.5) is 4.39 Å². The fraction of sp³-hybridized carbons (Fsp3) is 0.435. The molecule has 32 heavy (non-hydrogen) atoms. The first-order valence-electron chi connectivity index (χ1n) is 10.2. The van der Waals surface area contributed by atoms with Gasteiger partial charge in [0.25, 0.3) is 5.91 Å². The van der Waals surface area contributed by atoms with E-state index in [1.165, 1.54) is 33.5 Å². The molecule has 176 valence electrons. The number of nitrogens with zero attached hydrogens (tertiary/aromatic N) is 2. The van der Waals surface area contributed by atoms with E-state index in [1.807, 2.05) is 17.0 Å². The molecule has 1 heterocycles. The topological polar surface area (TPSA) is 57.2 Å². The highest BCUT2D eigenvalue weighted by molar-refractivity contribution is 5.78. The van der Waals surface area contributed by atoms with Crippen molar-refractivity contribution in [1.82, 2.24) is 4.90 Å². The number of hydrogen-bond donors (Lipinski definition) is 0.